The quantitative estimate of drug-likeness (QED) is 0.526. The molecule has 164 valence electrons. The molecule has 0 aromatic heterocycles. The number of carbonyl (C=O) groups is 2. The van der Waals surface area contributed by atoms with Gasteiger partial charge in [0.25, 0.3) is 0 Å². The van der Waals surface area contributed by atoms with Gasteiger partial charge in [0.2, 0.25) is 0 Å². The Labute approximate surface area is 177 Å². The lowest BCUT2D eigenvalue weighted by Gasteiger charge is -2.61. The summed E-state index contributed by atoms with van der Waals surface area (Å²) in [6, 6.07) is 0. The van der Waals surface area contributed by atoms with Crippen LogP contribution in [-0.4, -0.2) is 17.9 Å². The van der Waals surface area contributed by atoms with E-state index in [-0.39, 0.29) is 17.5 Å². The van der Waals surface area contributed by atoms with E-state index < -0.39 is 0 Å². The van der Waals surface area contributed by atoms with Gasteiger partial charge in [-0.05, 0) is 105 Å². The van der Waals surface area contributed by atoms with E-state index in [1.165, 1.54) is 38.5 Å². The molecule has 3 heteroatoms. The van der Waals surface area contributed by atoms with E-state index in [4.69, 9.17) is 4.74 Å². The molecule has 0 saturated heterocycles. The highest BCUT2D eigenvalue weighted by molar-refractivity contribution is 5.79. The second kappa shape index (κ2) is 7.68. The molecule has 0 aromatic rings. The maximum atomic E-state index is 12.3. The molecule has 0 aromatic carbocycles. The minimum atomic E-state index is -0.00282. The Morgan fingerprint density at radius 2 is 1.62 bits per heavy atom. The van der Waals surface area contributed by atoms with Crippen LogP contribution in [0.5, 0.6) is 0 Å². The average Bonchev–Trinajstić information content (AvgIpc) is 2.98. The SMILES string of the molecule is CC(=O)[C@H]1CCC2C3CCC4C[C@H](OC(=O)CC(C)C)CC[C@]4(C)C3CC[C@@]21C. The Morgan fingerprint density at radius 3 is 2.31 bits per heavy atom. The van der Waals surface area contributed by atoms with Gasteiger partial charge in [0.1, 0.15) is 11.9 Å². The molecule has 29 heavy (non-hydrogen) atoms. The number of rotatable bonds is 4. The Kier molecular flexibility index (Phi) is 5.66. The molecule has 4 aliphatic rings. The van der Waals surface area contributed by atoms with E-state index in [9.17, 15) is 9.59 Å². The Bertz CT molecular complexity index is 654. The van der Waals surface area contributed by atoms with E-state index in [1.54, 1.807) is 0 Å². The maximum absolute atomic E-state index is 12.3. The number of hydrogen-bond acceptors (Lipinski definition) is 3. The van der Waals surface area contributed by atoms with Crippen LogP contribution in [-0.2, 0) is 14.3 Å². The summed E-state index contributed by atoms with van der Waals surface area (Å²) in [6.07, 6.45) is 11.5. The predicted molar refractivity (Wildman–Crippen MR) is 115 cm³/mol. The van der Waals surface area contributed by atoms with Gasteiger partial charge in [0, 0.05) is 12.3 Å². The minimum Gasteiger partial charge on any atom is -0.462 e. The van der Waals surface area contributed by atoms with Gasteiger partial charge in [0.15, 0.2) is 0 Å². The molecule has 0 spiro atoms. The monoisotopic (exact) mass is 402 g/mol. The van der Waals surface area contributed by atoms with Crippen LogP contribution in [0.1, 0.15) is 98.8 Å². The van der Waals surface area contributed by atoms with Gasteiger partial charge in [-0.25, -0.2) is 0 Å². The summed E-state index contributed by atoms with van der Waals surface area (Å²) in [4.78, 5) is 24.5. The first kappa shape index (κ1) is 21.4. The van der Waals surface area contributed by atoms with Crippen LogP contribution in [0.15, 0.2) is 0 Å². The zero-order chi connectivity index (χ0) is 21.0. The number of esters is 1. The first-order valence-corrected chi connectivity index (χ1v) is 12.3. The first-order chi connectivity index (χ1) is 13.6. The van der Waals surface area contributed by atoms with Crippen molar-refractivity contribution in [2.24, 2.45) is 46.3 Å². The van der Waals surface area contributed by atoms with Gasteiger partial charge in [0.05, 0.1) is 0 Å². The van der Waals surface area contributed by atoms with Crippen LogP contribution >= 0.6 is 0 Å². The van der Waals surface area contributed by atoms with E-state index in [0.717, 1.165) is 37.0 Å². The van der Waals surface area contributed by atoms with Crippen molar-refractivity contribution in [2.45, 2.75) is 105 Å². The topological polar surface area (TPSA) is 43.4 Å². The molecule has 8 atom stereocenters. The molecular weight excluding hydrogens is 360 g/mol. The van der Waals surface area contributed by atoms with Crippen LogP contribution in [0.25, 0.3) is 0 Å². The predicted octanol–water partition coefficient (Wildman–Crippen LogP) is 6.19. The van der Waals surface area contributed by atoms with Gasteiger partial charge in [-0.15, -0.1) is 0 Å². The van der Waals surface area contributed by atoms with Crippen molar-refractivity contribution in [1.82, 2.24) is 0 Å². The van der Waals surface area contributed by atoms with Gasteiger partial charge < -0.3 is 4.74 Å². The molecule has 0 heterocycles. The lowest BCUT2D eigenvalue weighted by atomic mass is 9.44. The van der Waals surface area contributed by atoms with Crippen molar-refractivity contribution in [2.75, 3.05) is 0 Å². The van der Waals surface area contributed by atoms with Gasteiger partial charge >= 0.3 is 5.97 Å². The second-order valence-corrected chi connectivity index (χ2v) is 11.9. The number of ketones is 1. The van der Waals surface area contributed by atoms with Crippen molar-refractivity contribution in [1.29, 1.82) is 0 Å². The number of fused-ring (bicyclic) bond motifs is 5. The van der Waals surface area contributed by atoms with Crippen molar-refractivity contribution >= 4 is 11.8 Å². The van der Waals surface area contributed by atoms with Crippen molar-refractivity contribution < 1.29 is 14.3 Å². The number of hydrogen-bond donors (Lipinski definition) is 0. The molecule has 0 radical (unpaired) electrons. The molecule has 4 rings (SSSR count). The summed E-state index contributed by atoms with van der Waals surface area (Å²) in [5, 5.41) is 0. The fraction of sp³-hybridized carbons (Fsp3) is 0.923. The van der Waals surface area contributed by atoms with E-state index in [2.05, 4.69) is 27.7 Å². The lowest BCUT2D eigenvalue weighted by Crippen LogP contribution is -2.54. The summed E-state index contributed by atoms with van der Waals surface area (Å²) in [7, 11) is 0. The zero-order valence-corrected chi connectivity index (χ0v) is 19.3. The Morgan fingerprint density at radius 1 is 0.931 bits per heavy atom. The molecule has 4 unspecified atom stereocenters. The van der Waals surface area contributed by atoms with Gasteiger partial charge in [-0.2, -0.15) is 0 Å². The normalized spacial score (nSPS) is 46.6. The number of Topliss-reactive ketones (excluding diaryl/α,β-unsaturated/α-hetero) is 1. The summed E-state index contributed by atoms with van der Waals surface area (Å²) >= 11 is 0. The molecule has 4 saturated carbocycles. The van der Waals surface area contributed by atoms with Gasteiger partial charge in [-0.3, -0.25) is 9.59 Å². The van der Waals surface area contributed by atoms with E-state index in [0.29, 0.717) is 35.4 Å². The highest BCUT2D eigenvalue weighted by Gasteiger charge is 2.60. The molecule has 0 aliphatic heterocycles. The van der Waals surface area contributed by atoms with Gasteiger partial charge in [-0.1, -0.05) is 27.7 Å². The molecule has 4 fully saturated rings. The van der Waals surface area contributed by atoms with Crippen molar-refractivity contribution in [3.8, 4) is 0 Å². The summed E-state index contributed by atoms with van der Waals surface area (Å²) < 4.78 is 5.88. The van der Waals surface area contributed by atoms with Crippen LogP contribution in [0, 0.1) is 46.3 Å². The van der Waals surface area contributed by atoms with Crippen LogP contribution in [0.4, 0.5) is 0 Å². The maximum Gasteiger partial charge on any atom is 0.306 e. The van der Waals surface area contributed by atoms with E-state index in [1.807, 2.05) is 6.92 Å². The molecule has 4 aliphatic carbocycles. The number of ether oxygens (including phenoxy) is 1. The third-order valence-electron chi connectivity index (χ3n) is 9.98. The van der Waals surface area contributed by atoms with Crippen LogP contribution < -0.4 is 0 Å². The standard InChI is InChI=1S/C26H42O3/c1-16(2)14-24(28)29-19-10-12-25(4)18(15-19)6-7-20-22-9-8-21(17(3)27)26(22,5)13-11-23(20)25/h16,18-23H,6-15H2,1-5H3/t18?,19-,20?,21-,22?,23?,25+,26-/m1/s1. The lowest BCUT2D eigenvalue weighted by molar-refractivity contribution is -0.163. The zero-order valence-electron chi connectivity index (χ0n) is 19.3. The highest BCUT2D eigenvalue weighted by atomic mass is 16.5. The highest BCUT2D eigenvalue weighted by Crippen LogP contribution is 2.67. The molecule has 0 bridgehead atoms. The summed E-state index contributed by atoms with van der Waals surface area (Å²) in [6.45, 7) is 11.0. The average molecular weight is 403 g/mol. The van der Waals surface area contributed by atoms with Crippen LogP contribution in [0.2, 0.25) is 0 Å². The summed E-state index contributed by atoms with van der Waals surface area (Å²) in [5.74, 6) is 4.15. The first-order valence-electron chi connectivity index (χ1n) is 12.3. The third kappa shape index (κ3) is 3.59. The Balaban J connectivity index is 1.45. The Hall–Kier alpha value is -0.860. The third-order valence-corrected chi connectivity index (χ3v) is 9.98. The summed E-state index contributed by atoms with van der Waals surface area (Å²) in [5.41, 5.74) is 0.652. The van der Waals surface area contributed by atoms with Crippen molar-refractivity contribution in [3.05, 3.63) is 0 Å². The minimum absolute atomic E-state index is 0.00282. The fourth-order valence-electron chi connectivity index (χ4n) is 8.56. The molecular formula is C26H42O3. The molecule has 3 nitrogen and oxygen atoms in total. The van der Waals surface area contributed by atoms with Crippen molar-refractivity contribution in [3.63, 3.8) is 0 Å². The largest absolute Gasteiger partial charge is 0.462 e. The smallest absolute Gasteiger partial charge is 0.306 e. The van der Waals surface area contributed by atoms with Crippen LogP contribution in [0.3, 0.4) is 0 Å². The molecule has 0 amide bonds. The second-order valence-electron chi connectivity index (χ2n) is 11.9. The molecule has 0 N–H and O–H groups in total. The van der Waals surface area contributed by atoms with E-state index >= 15 is 0 Å². The number of carbonyl (C=O) groups excluding carboxylic acids is 2. The fourth-order valence-corrected chi connectivity index (χ4v) is 8.56.